The van der Waals surface area contributed by atoms with Crippen LogP contribution in [-0.4, -0.2) is 71.8 Å². The van der Waals surface area contributed by atoms with E-state index in [1.165, 1.54) is 16.8 Å². The average Bonchev–Trinajstić information content (AvgIpc) is 3.31. The minimum absolute atomic E-state index is 0.120. The third-order valence-corrected chi connectivity index (χ3v) is 5.26. The van der Waals surface area contributed by atoms with Gasteiger partial charge in [-0.2, -0.15) is 4.52 Å². The molecule has 1 saturated heterocycles. The number of nitrogens with zero attached hydrogens (tertiary/aromatic N) is 9. The Hall–Kier alpha value is -3.89. The second kappa shape index (κ2) is 7.74. The van der Waals surface area contributed by atoms with E-state index in [-0.39, 0.29) is 11.7 Å². The van der Waals surface area contributed by atoms with Crippen LogP contribution in [0.4, 0.5) is 10.2 Å². The van der Waals surface area contributed by atoms with E-state index in [1.807, 2.05) is 12.1 Å². The molecule has 5 rings (SSSR count). The summed E-state index contributed by atoms with van der Waals surface area (Å²) in [6.07, 6.45) is 2.42. The third kappa shape index (κ3) is 3.69. The van der Waals surface area contributed by atoms with Crippen molar-refractivity contribution in [2.45, 2.75) is 6.42 Å². The number of halogens is 1. The average molecular weight is 421 g/mol. The molecule has 0 bridgehead atoms. The molecular formula is C20H20FN9O. The maximum Gasteiger partial charge on any atom is 0.276 e. The number of carbonyl (C=O) groups excluding carboxylic acids is 1. The maximum atomic E-state index is 13.7. The molecule has 1 aliphatic heterocycles. The Morgan fingerprint density at radius 1 is 1.03 bits per heavy atom. The number of amides is 1. The summed E-state index contributed by atoms with van der Waals surface area (Å²) in [6, 6.07) is 9.93. The first-order chi connectivity index (χ1) is 15.1. The predicted octanol–water partition coefficient (Wildman–Crippen LogP) is 1.41. The van der Waals surface area contributed by atoms with Gasteiger partial charge in [0.05, 0.1) is 6.20 Å². The number of benzene rings is 1. The second-order valence-electron chi connectivity index (χ2n) is 7.41. The molecule has 1 amide bonds. The van der Waals surface area contributed by atoms with Gasteiger partial charge in [-0.1, -0.05) is 17.3 Å². The Morgan fingerprint density at radius 3 is 2.74 bits per heavy atom. The molecule has 0 aliphatic carbocycles. The molecule has 0 saturated carbocycles. The summed E-state index contributed by atoms with van der Waals surface area (Å²) < 4.78 is 16.8. The molecule has 11 heteroatoms. The van der Waals surface area contributed by atoms with Gasteiger partial charge < -0.3 is 9.80 Å². The summed E-state index contributed by atoms with van der Waals surface area (Å²) in [5.41, 5.74) is 1.53. The molecule has 0 N–H and O–H groups in total. The van der Waals surface area contributed by atoms with Gasteiger partial charge in [0.15, 0.2) is 17.2 Å². The number of aromatic nitrogens is 7. The van der Waals surface area contributed by atoms with Gasteiger partial charge in [0.2, 0.25) is 0 Å². The van der Waals surface area contributed by atoms with Gasteiger partial charge in [-0.3, -0.25) is 9.48 Å². The van der Waals surface area contributed by atoms with Crippen molar-refractivity contribution in [2.24, 2.45) is 7.05 Å². The van der Waals surface area contributed by atoms with Crippen LogP contribution in [0.25, 0.3) is 17.0 Å². The summed E-state index contributed by atoms with van der Waals surface area (Å²) in [5, 5.41) is 20.8. The van der Waals surface area contributed by atoms with Crippen molar-refractivity contribution in [3.8, 4) is 11.4 Å². The van der Waals surface area contributed by atoms with E-state index in [4.69, 9.17) is 5.10 Å². The van der Waals surface area contributed by atoms with Crippen molar-refractivity contribution in [1.82, 2.24) is 39.7 Å². The summed E-state index contributed by atoms with van der Waals surface area (Å²) in [4.78, 5) is 16.6. The van der Waals surface area contributed by atoms with E-state index in [1.54, 1.807) is 34.8 Å². The van der Waals surface area contributed by atoms with Crippen molar-refractivity contribution in [2.75, 3.05) is 31.1 Å². The number of hydrogen-bond acceptors (Lipinski definition) is 7. The van der Waals surface area contributed by atoms with Gasteiger partial charge in [0, 0.05) is 38.8 Å². The second-order valence-corrected chi connectivity index (χ2v) is 7.41. The van der Waals surface area contributed by atoms with Crippen LogP contribution in [0, 0.1) is 5.82 Å². The SMILES string of the molecule is Cn1cc(C(=O)N2CCCN(c3ccc4nnc(-c5cccc(F)c5)n4n3)CC2)nn1. The van der Waals surface area contributed by atoms with Gasteiger partial charge in [0.25, 0.3) is 5.91 Å². The highest BCUT2D eigenvalue weighted by atomic mass is 19.1. The van der Waals surface area contributed by atoms with Crippen LogP contribution in [-0.2, 0) is 7.05 Å². The smallest absolute Gasteiger partial charge is 0.276 e. The van der Waals surface area contributed by atoms with Crippen molar-refractivity contribution in [3.05, 3.63) is 54.1 Å². The lowest BCUT2D eigenvalue weighted by Gasteiger charge is -2.22. The fourth-order valence-electron chi connectivity index (χ4n) is 3.71. The Morgan fingerprint density at radius 2 is 1.94 bits per heavy atom. The molecule has 0 atom stereocenters. The minimum atomic E-state index is -0.342. The monoisotopic (exact) mass is 421 g/mol. The lowest BCUT2D eigenvalue weighted by atomic mass is 10.2. The van der Waals surface area contributed by atoms with Crippen molar-refractivity contribution >= 4 is 17.4 Å². The first-order valence-electron chi connectivity index (χ1n) is 9.97. The molecule has 4 heterocycles. The molecule has 4 aromatic rings. The van der Waals surface area contributed by atoms with Crippen molar-refractivity contribution < 1.29 is 9.18 Å². The van der Waals surface area contributed by atoms with Crippen LogP contribution >= 0.6 is 0 Å². The standard InChI is InChI=1S/C20H20FN9O/c1-27-13-16(22-26-27)20(31)29-9-3-8-28(10-11-29)18-7-6-17-23-24-19(30(17)25-18)14-4-2-5-15(21)12-14/h2,4-7,12-13H,3,8-11H2,1H3. The van der Waals surface area contributed by atoms with E-state index in [9.17, 15) is 9.18 Å². The maximum absolute atomic E-state index is 13.7. The lowest BCUT2D eigenvalue weighted by Crippen LogP contribution is -2.35. The highest BCUT2D eigenvalue weighted by Crippen LogP contribution is 2.21. The summed E-state index contributed by atoms with van der Waals surface area (Å²) >= 11 is 0. The minimum Gasteiger partial charge on any atom is -0.353 e. The third-order valence-electron chi connectivity index (χ3n) is 5.26. The largest absolute Gasteiger partial charge is 0.353 e. The lowest BCUT2D eigenvalue weighted by molar-refractivity contribution is 0.0761. The quantitative estimate of drug-likeness (QED) is 0.493. The van der Waals surface area contributed by atoms with Crippen LogP contribution in [0.5, 0.6) is 0 Å². The highest BCUT2D eigenvalue weighted by Gasteiger charge is 2.23. The van der Waals surface area contributed by atoms with E-state index in [0.29, 0.717) is 42.4 Å². The van der Waals surface area contributed by atoms with E-state index in [2.05, 4.69) is 25.4 Å². The topological polar surface area (TPSA) is 97.3 Å². The number of carbonyl (C=O) groups is 1. The van der Waals surface area contributed by atoms with Crippen LogP contribution in [0.3, 0.4) is 0 Å². The number of fused-ring (bicyclic) bond motifs is 1. The molecule has 1 fully saturated rings. The number of rotatable bonds is 3. The molecular weight excluding hydrogens is 401 g/mol. The van der Waals surface area contributed by atoms with Gasteiger partial charge in [0.1, 0.15) is 11.6 Å². The van der Waals surface area contributed by atoms with E-state index >= 15 is 0 Å². The Kier molecular flexibility index (Phi) is 4.77. The molecule has 31 heavy (non-hydrogen) atoms. The first kappa shape index (κ1) is 19.1. The Balaban J connectivity index is 1.38. The Labute approximate surface area is 176 Å². The van der Waals surface area contributed by atoms with Crippen LogP contribution in [0.15, 0.2) is 42.6 Å². The predicted molar refractivity (Wildman–Crippen MR) is 110 cm³/mol. The molecule has 3 aromatic heterocycles. The zero-order valence-corrected chi connectivity index (χ0v) is 16.9. The fraction of sp³-hybridized carbons (Fsp3) is 0.300. The zero-order chi connectivity index (χ0) is 21.4. The molecule has 1 aromatic carbocycles. The highest BCUT2D eigenvalue weighted by molar-refractivity contribution is 5.92. The van der Waals surface area contributed by atoms with Gasteiger partial charge in [-0.05, 0) is 30.7 Å². The number of aryl methyl sites for hydroxylation is 1. The Bertz CT molecular complexity index is 1250. The molecule has 10 nitrogen and oxygen atoms in total. The summed E-state index contributed by atoms with van der Waals surface area (Å²) in [5.74, 6) is 0.765. The fourth-order valence-corrected chi connectivity index (χ4v) is 3.71. The zero-order valence-electron chi connectivity index (χ0n) is 16.9. The molecule has 1 aliphatic rings. The van der Waals surface area contributed by atoms with Crippen LogP contribution in [0.2, 0.25) is 0 Å². The summed E-state index contributed by atoms with van der Waals surface area (Å²) in [6.45, 7) is 2.56. The van der Waals surface area contributed by atoms with Crippen LogP contribution in [0.1, 0.15) is 16.9 Å². The molecule has 0 radical (unpaired) electrons. The van der Waals surface area contributed by atoms with Gasteiger partial charge >= 0.3 is 0 Å². The summed E-state index contributed by atoms with van der Waals surface area (Å²) in [7, 11) is 1.73. The van der Waals surface area contributed by atoms with E-state index in [0.717, 1.165) is 18.8 Å². The number of hydrogen-bond donors (Lipinski definition) is 0. The number of anilines is 1. The molecule has 0 unspecified atom stereocenters. The molecule has 158 valence electrons. The van der Waals surface area contributed by atoms with Gasteiger partial charge in [-0.25, -0.2) is 4.39 Å². The van der Waals surface area contributed by atoms with Gasteiger partial charge in [-0.15, -0.1) is 20.4 Å². The van der Waals surface area contributed by atoms with Crippen LogP contribution < -0.4 is 4.90 Å². The molecule has 0 spiro atoms. The normalized spacial score (nSPS) is 14.8. The van der Waals surface area contributed by atoms with Crippen molar-refractivity contribution in [1.29, 1.82) is 0 Å². The van der Waals surface area contributed by atoms with E-state index < -0.39 is 0 Å². The first-order valence-corrected chi connectivity index (χ1v) is 9.97. The van der Waals surface area contributed by atoms with Crippen molar-refractivity contribution in [3.63, 3.8) is 0 Å².